The lowest BCUT2D eigenvalue weighted by molar-refractivity contribution is -0.128. The van der Waals surface area contributed by atoms with Gasteiger partial charge in [-0.25, -0.2) is 4.39 Å². The van der Waals surface area contributed by atoms with E-state index >= 15 is 0 Å². The standard InChI is InChI=1S/C22H22FN3O3/c1-29-18-5-3-17(4-6-18)25-22(28)15-10-21(27)26(13-15)9-8-14-12-24-20-7-2-16(23)11-19(14)20/h2-7,11-12,15,24H,8-10,13H2,1H3,(H,25,28). The van der Waals surface area contributed by atoms with Gasteiger partial charge in [-0.2, -0.15) is 0 Å². The highest BCUT2D eigenvalue weighted by Crippen LogP contribution is 2.24. The van der Waals surface area contributed by atoms with Crippen LogP contribution in [0.4, 0.5) is 10.1 Å². The van der Waals surface area contributed by atoms with E-state index in [9.17, 15) is 14.0 Å². The number of H-pyrrole nitrogens is 1. The van der Waals surface area contributed by atoms with Crippen LogP contribution in [0.3, 0.4) is 0 Å². The fourth-order valence-corrected chi connectivity index (χ4v) is 3.70. The number of anilines is 1. The average molecular weight is 395 g/mol. The lowest BCUT2D eigenvalue weighted by Crippen LogP contribution is -2.30. The number of amides is 2. The second kappa shape index (κ2) is 7.95. The second-order valence-corrected chi connectivity index (χ2v) is 7.21. The fourth-order valence-electron chi connectivity index (χ4n) is 3.70. The van der Waals surface area contributed by atoms with E-state index in [4.69, 9.17) is 4.74 Å². The number of benzene rings is 2. The molecule has 3 aromatic rings. The summed E-state index contributed by atoms with van der Waals surface area (Å²) in [6.45, 7) is 0.881. The zero-order chi connectivity index (χ0) is 20.4. The number of hydrogen-bond acceptors (Lipinski definition) is 3. The Kier molecular flexibility index (Phi) is 5.20. The summed E-state index contributed by atoms with van der Waals surface area (Å²) in [5.41, 5.74) is 2.49. The molecular formula is C22H22FN3O3. The van der Waals surface area contributed by atoms with Gasteiger partial charge in [-0.3, -0.25) is 9.59 Å². The van der Waals surface area contributed by atoms with E-state index < -0.39 is 0 Å². The maximum absolute atomic E-state index is 13.5. The van der Waals surface area contributed by atoms with Crippen molar-refractivity contribution in [2.24, 2.45) is 5.92 Å². The van der Waals surface area contributed by atoms with Gasteiger partial charge in [0.1, 0.15) is 11.6 Å². The summed E-state index contributed by atoms with van der Waals surface area (Å²) in [6, 6.07) is 11.7. The topological polar surface area (TPSA) is 74.4 Å². The van der Waals surface area contributed by atoms with Crippen LogP contribution in [-0.4, -0.2) is 41.9 Å². The van der Waals surface area contributed by atoms with Crippen LogP contribution >= 0.6 is 0 Å². The van der Waals surface area contributed by atoms with Crippen LogP contribution in [0.25, 0.3) is 10.9 Å². The molecule has 0 spiro atoms. The van der Waals surface area contributed by atoms with Gasteiger partial charge >= 0.3 is 0 Å². The maximum atomic E-state index is 13.5. The van der Waals surface area contributed by atoms with Gasteiger partial charge in [0.15, 0.2) is 0 Å². The van der Waals surface area contributed by atoms with Gasteiger partial charge in [-0.15, -0.1) is 0 Å². The van der Waals surface area contributed by atoms with Gasteiger partial charge in [0, 0.05) is 42.3 Å². The van der Waals surface area contributed by atoms with Crippen molar-refractivity contribution in [3.63, 3.8) is 0 Å². The Morgan fingerprint density at radius 2 is 2.07 bits per heavy atom. The summed E-state index contributed by atoms with van der Waals surface area (Å²) in [4.78, 5) is 29.7. The van der Waals surface area contributed by atoms with Crippen LogP contribution in [-0.2, 0) is 16.0 Å². The molecule has 7 heteroatoms. The number of methoxy groups -OCH3 is 1. The lowest BCUT2D eigenvalue weighted by Gasteiger charge is -2.16. The number of fused-ring (bicyclic) bond motifs is 1. The van der Waals surface area contributed by atoms with Crippen LogP contribution in [0.5, 0.6) is 5.75 Å². The molecule has 4 rings (SSSR count). The number of nitrogens with zero attached hydrogens (tertiary/aromatic N) is 1. The van der Waals surface area contributed by atoms with Gasteiger partial charge in [-0.05, 0) is 54.4 Å². The Morgan fingerprint density at radius 1 is 1.28 bits per heavy atom. The number of aromatic nitrogens is 1. The molecule has 2 aromatic carbocycles. The molecule has 6 nitrogen and oxygen atoms in total. The molecule has 29 heavy (non-hydrogen) atoms. The third kappa shape index (κ3) is 4.08. The first kappa shape index (κ1) is 19.0. The summed E-state index contributed by atoms with van der Waals surface area (Å²) < 4.78 is 18.6. The predicted molar refractivity (Wildman–Crippen MR) is 108 cm³/mol. The summed E-state index contributed by atoms with van der Waals surface area (Å²) in [5, 5.41) is 3.68. The van der Waals surface area contributed by atoms with Crippen molar-refractivity contribution in [2.75, 3.05) is 25.5 Å². The molecule has 2 heterocycles. The molecule has 1 fully saturated rings. The molecule has 1 unspecified atom stereocenters. The third-order valence-corrected chi connectivity index (χ3v) is 5.32. The number of hydrogen-bond donors (Lipinski definition) is 2. The molecule has 1 atom stereocenters. The van der Waals surface area contributed by atoms with Crippen molar-refractivity contribution >= 4 is 28.4 Å². The minimum absolute atomic E-state index is 0.0362. The van der Waals surface area contributed by atoms with Crippen molar-refractivity contribution in [2.45, 2.75) is 12.8 Å². The average Bonchev–Trinajstić information content (AvgIpc) is 3.30. The minimum atomic E-state index is -0.384. The zero-order valence-corrected chi connectivity index (χ0v) is 16.1. The predicted octanol–water partition coefficient (Wildman–Crippen LogP) is 3.35. The van der Waals surface area contributed by atoms with Crippen molar-refractivity contribution < 1.29 is 18.7 Å². The van der Waals surface area contributed by atoms with Crippen molar-refractivity contribution in [1.29, 1.82) is 0 Å². The molecule has 1 aliphatic rings. The van der Waals surface area contributed by atoms with Crippen LogP contribution in [0, 0.1) is 11.7 Å². The van der Waals surface area contributed by atoms with E-state index in [2.05, 4.69) is 10.3 Å². The summed E-state index contributed by atoms with van der Waals surface area (Å²) in [5.74, 6) is -0.163. The van der Waals surface area contributed by atoms with Gasteiger partial charge < -0.3 is 19.9 Å². The largest absolute Gasteiger partial charge is 0.497 e. The number of likely N-dealkylation sites (tertiary alicyclic amines) is 1. The molecule has 2 amide bonds. The number of carbonyl (C=O) groups is 2. The van der Waals surface area contributed by atoms with Crippen LogP contribution in [0.2, 0.25) is 0 Å². The van der Waals surface area contributed by atoms with Gasteiger partial charge in [0.25, 0.3) is 0 Å². The first-order valence-electron chi connectivity index (χ1n) is 9.51. The highest BCUT2D eigenvalue weighted by molar-refractivity contribution is 5.97. The second-order valence-electron chi connectivity index (χ2n) is 7.21. The quantitative estimate of drug-likeness (QED) is 0.672. The van der Waals surface area contributed by atoms with E-state index in [1.165, 1.54) is 12.1 Å². The Hall–Kier alpha value is -3.35. The van der Waals surface area contributed by atoms with Crippen LogP contribution in [0.1, 0.15) is 12.0 Å². The number of nitrogens with one attached hydrogen (secondary N) is 2. The number of carbonyl (C=O) groups excluding carboxylic acids is 2. The minimum Gasteiger partial charge on any atom is -0.497 e. The van der Waals surface area contributed by atoms with E-state index in [0.29, 0.717) is 30.9 Å². The molecule has 0 radical (unpaired) electrons. The van der Waals surface area contributed by atoms with Crippen LogP contribution < -0.4 is 10.1 Å². The first-order valence-corrected chi connectivity index (χ1v) is 9.51. The first-order chi connectivity index (χ1) is 14.0. The SMILES string of the molecule is COc1ccc(NC(=O)C2CC(=O)N(CCc3c[nH]c4ccc(F)cc34)C2)cc1. The smallest absolute Gasteiger partial charge is 0.229 e. The fraction of sp³-hybridized carbons (Fsp3) is 0.273. The number of halogens is 1. The molecule has 0 bridgehead atoms. The molecular weight excluding hydrogens is 373 g/mol. The molecule has 2 N–H and O–H groups in total. The molecule has 1 saturated heterocycles. The Labute approximate surface area is 167 Å². The molecule has 0 aliphatic carbocycles. The zero-order valence-electron chi connectivity index (χ0n) is 16.1. The number of rotatable bonds is 6. The number of ether oxygens (including phenoxy) is 1. The van der Waals surface area contributed by atoms with Gasteiger partial charge in [0.05, 0.1) is 13.0 Å². The van der Waals surface area contributed by atoms with Crippen molar-refractivity contribution in [3.05, 3.63) is 60.0 Å². The van der Waals surface area contributed by atoms with E-state index in [1.807, 2.05) is 6.20 Å². The van der Waals surface area contributed by atoms with Gasteiger partial charge in [0.2, 0.25) is 11.8 Å². The number of aromatic amines is 1. The van der Waals surface area contributed by atoms with E-state index in [-0.39, 0.29) is 30.0 Å². The maximum Gasteiger partial charge on any atom is 0.229 e. The Morgan fingerprint density at radius 3 is 2.83 bits per heavy atom. The van der Waals surface area contributed by atoms with E-state index in [1.54, 1.807) is 42.3 Å². The highest BCUT2D eigenvalue weighted by Gasteiger charge is 2.34. The normalized spacial score (nSPS) is 16.4. The van der Waals surface area contributed by atoms with Crippen LogP contribution in [0.15, 0.2) is 48.7 Å². The summed E-state index contributed by atoms with van der Waals surface area (Å²) >= 11 is 0. The van der Waals surface area contributed by atoms with E-state index in [0.717, 1.165) is 16.5 Å². The summed E-state index contributed by atoms with van der Waals surface area (Å²) in [6.07, 6.45) is 2.64. The van der Waals surface area contributed by atoms with Crippen molar-refractivity contribution in [1.82, 2.24) is 9.88 Å². The van der Waals surface area contributed by atoms with Crippen molar-refractivity contribution in [3.8, 4) is 5.75 Å². The Bertz CT molecular complexity index is 1050. The highest BCUT2D eigenvalue weighted by atomic mass is 19.1. The van der Waals surface area contributed by atoms with Gasteiger partial charge in [-0.1, -0.05) is 0 Å². The monoisotopic (exact) mass is 395 g/mol. The Balaban J connectivity index is 1.35. The third-order valence-electron chi connectivity index (χ3n) is 5.32. The molecule has 1 aromatic heterocycles. The lowest BCUT2D eigenvalue weighted by atomic mass is 10.1. The molecule has 1 aliphatic heterocycles. The molecule has 150 valence electrons. The summed E-state index contributed by atoms with van der Waals surface area (Å²) in [7, 11) is 1.58. The molecule has 0 saturated carbocycles.